The highest BCUT2D eigenvalue weighted by Gasteiger charge is 2.42. The zero-order valence-electron chi connectivity index (χ0n) is 8.00. The molecule has 2 atom stereocenters. The molecule has 0 heterocycles. The summed E-state index contributed by atoms with van der Waals surface area (Å²) in [7, 11) is 0. The minimum atomic E-state index is -2.07. The van der Waals surface area contributed by atoms with Gasteiger partial charge in [0.2, 0.25) is 0 Å². The van der Waals surface area contributed by atoms with Gasteiger partial charge < -0.3 is 21.1 Å². The number of carboxylic acids is 1. The normalized spacial score (nSPS) is 16.7. The van der Waals surface area contributed by atoms with E-state index in [-0.39, 0.29) is 0 Å². The number of nitrogens with two attached hydrogens (primary N) is 1. The first-order valence-electron chi connectivity index (χ1n) is 4.38. The number of aliphatic carboxylic acids is 1. The molecule has 0 aromatic heterocycles. The fourth-order valence-electron chi connectivity index (χ4n) is 1.20. The van der Waals surface area contributed by atoms with Crippen LogP contribution in [0.15, 0.2) is 30.3 Å². The van der Waals surface area contributed by atoms with E-state index in [4.69, 9.17) is 15.9 Å². The Morgan fingerprint density at radius 1 is 1.40 bits per heavy atom. The Kier molecular flexibility index (Phi) is 3.41. The van der Waals surface area contributed by atoms with Gasteiger partial charge in [0.25, 0.3) is 0 Å². The number of aliphatic hydroxyl groups is 2. The molecule has 15 heavy (non-hydrogen) atoms. The number of carboxylic acid groups (broad SMARTS) is 1. The zero-order chi connectivity index (χ0) is 11.5. The van der Waals surface area contributed by atoms with Gasteiger partial charge in [-0.05, 0) is 5.56 Å². The van der Waals surface area contributed by atoms with Crippen molar-refractivity contribution in [1.82, 2.24) is 0 Å². The fourth-order valence-corrected chi connectivity index (χ4v) is 1.20. The highest BCUT2D eigenvalue weighted by molar-refractivity contribution is 5.79. The van der Waals surface area contributed by atoms with Gasteiger partial charge in [-0.1, -0.05) is 30.3 Å². The Morgan fingerprint density at radius 2 is 1.93 bits per heavy atom. The molecule has 1 aromatic carbocycles. The predicted octanol–water partition coefficient (Wildman–Crippen LogP) is -0.506. The molecule has 0 aliphatic carbocycles. The predicted molar refractivity (Wildman–Crippen MR) is 53.0 cm³/mol. The minimum Gasteiger partial charge on any atom is -0.480 e. The summed E-state index contributed by atoms with van der Waals surface area (Å²) in [6.07, 6.45) is -1.44. The van der Waals surface area contributed by atoms with Crippen LogP contribution in [0.1, 0.15) is 11.7 Å². The fraction of sp³-hybridized carbons (Fsp3) is 0.300. The highest BCUT2D eigenvalue weighted by Crippen LogP contribution is 2.23. The van der Waals surface area contributed by atoms with E-state index < -0.39 is 24.2 Å². The average molecular weight is 211 g/mol. The highest BCUT2D eigenvalue weighted by atomic mass is 16.4. The van der Waals surface area contributed by atoms with Crippen LogP contribution >= 0.6 is 0 Å². The third-order valence-corrected chi connectivity index (χ3v) is 2.26. The van der Waals surface area contributed by atoms with E-state index >= 15 is 0 Å². The van der Waals surface area contributed by atoms with E-state index in [1.54, 1.807) is 30.3 Å². The van der Waals surface area contributed by atoms with E-state index in [9.17, 15) is 9.90 Å². The van der Waals surface area contributed by atoms with Gasteiger partial charge in [0.05, 0.1) is 6.61 Å². The second kappa shape index (κ2) is 4.39. The molecule has 5 nitrogen and oxygen atoms in total. The average Bonchev–Trinajstić information content (AvgIpc) is 2.28. The van der Waals surface area contributed by atoms with Crippen LogP contribution in [0.3, 0.4) is 0 Å². The van der Waals surface area contributed by atoms with Crippen molar-refractivity contribution in [3.05, 3.63) is 35.9 Å². The number of hydrogen-bond donors (Lipinski definition) is 4. The second-order valence-corrected chi connectivity index (χ2v) is 3.32. The maximum atomic E-state index is 10.8. The van der Waals surface area contributed by atoms with Gasteiger partial charge in [0.1, 0.15) is 6.10 Å². The van der Waals surface area contributed by atoms with Crippen LogP contribution in [-0.2, 0) is 4.79 Å². The summed E-state index contributed by atoms with van der Waals surface area (Å²) in [5.41, 5.74) is 3.71. The van der Waals surface area contributed by atoms with Crippen LogP contribution < -0.4 is 5.73 Å². The molecule has 0 saturated heterocycles. The van der Waals surface area contributed by atoms with Crippen molar-refractivity contribution in [3.63, 3.8) is 0 Å². The largest absolute Gasteiger partial charge is 0.480 e. The first kappa shape index (κ1) is 11.6. The van der Waals surface area contributed by atoms with Crippen LogP contribution in [-0.4, -0.2) is 33.4 Å². The number of hydrogen-bond acceptors (Lipinski definition) is 4. The molecule has 0 fully saturated rings. The van der Waals surface area contributed by atoms with E-state index in [0.717, 1.165) is 0 Å². The van der Waals surface area contributed by atoms with Crippen molar-refractivity contribution >= 4 is 5.97 Å². The summed E-state index contributed by atoms with van der Waals surface area (Å²) < 4.78 is 0. The molecule has 0 aliphatic rings. The van der Waals surface area contributed by atoms with Crippen molar-refractivity contribution in [3.8, 4) is 0 Å². The van der Waals surface area contributed by atoms with Gasteiger partial charge in [0.15, 0.2) is 5.54 Å². The summed E-state index contributed by atoms with van der Waals surface area (Å²) in [6, 6.07) is 8.13. The smallest absolute Gasteiger partial charge is 0.329 e. The third kappa shape index (κ3) is 2.15. The summed E-state index contributed by atoms with van der Waals surface area (Å²) >= 11 is 0. The first-order valence-corrected chi connectivity index (χ1v) is 4.38. The van der Waals surface area contributed by atoms with Crippen molar-refractivity contribution in [2.45, 2.75) is 11.6 Å². The molecule has 1 aromatic rings. The van der Waals surface area contributed by atoms with E-state index in [1.165, 1.54) is 0 Å². The third-order valence-electron chi connectivity index (χ3n) is 2.26. The lowest BCUT2D eigenvalue weighted by atomic mass is 9.89. The molecule has 0 radical (unpaired) electrons. The molecular formula is C10H13NO4. The Bertz CT molecular complexity index is 341. The molecule has 0 amide bonds. The van der Waals surface area contributed by atoms with Gasteiger partial charge in [-0.3, -0.25) is 4.79 Å². The number of benzene rings is 1. The minimum absolute atomic E-state index is 0.358. The Hall–Kier alpha value is -1.43. The monoisotopic (exact) mass is 211 g/mol. The lowest BCUT2D eigenvalue weighted by molar-refractivity contribution is -0.150. The molecule has 0 aliphatic heterocycles. The van der Waals surface area contributed by atoms with Gasteiger partial charge >= 0.3 is 5.97 Å². The standard InChI is InChI=1S/C10H13NO4/c11-10(6-12,9(14)15)8(13)7-4-2-1-3-5-7/h1-5,8,12-13H,6,11H2,(H,14,15). The van der Waals surface area contributed by atoms with Crippen LogP contribution in [0.25, 0.3) is 0 Å². The number of carbonyl (C=O) groups is 1. The lowest BCUT2D eigenvalue weighted by Crippen LogP contribution is -2.56. The van der Waals surface area contributed by atoms with Gasteiger partial charge in [-0.25, -0.2) is 0 Å². The quantitative estimate of drug-likeness (QED) is 0.537. The van der Waals surface area contributed by atoms with Gasteiger partial charge in [0, 0.05) is 0 Å². The molecule has 2 unspecified atom stereocenters. The van der Waals surface area contributed by atoms with Crippen LogP contribution in [0.4, 0.5) is 0 Å². The lowest BCUT2D eigenvalue weighted by Gasteiger charge is -2.28. The summed E-state index contributed by atoms with van der Waals surface area (Å²) in [5.74, 6) is -1.44. The Labute approximate surface area is 86.8 Å². The van der Waals surface area contributed by atoms with Crippen molar-refractivity contribution in [2.75, 3.05) is 6.61 Å². The SMILES string of the molecule is NC(CO)(C(=O)O)C(O)c1ccccc1. The summed E-state index contributed by atoms with van der Waals surface area (Å²) in [4.78, 5) is 10.8. The van der Waals surface area contributed by atoms with E-state index in [1.807, 2.05) is 0 Å². The molecule has 5 heteroatoms. The molecule has 82 valence electrons. The maximum Gasteiger partial charge on any atom is 0.329 e. The van der Waals surface area contributed by atoms with E-state index in [2.05, 4.69) is 0 Å². The van der Waals surface area contributed by atoms with Gasteiger partial charge in [-0.15, -0.1) is 0 Å². The number of aliphatic hydroxyl groups excluding tert-OH is 2. The molecule has 1 rings (SSSR count). The molecule has 0 spiro atoms. The molecular weight excluding hydrogens is 198 g/mol. The maximum absolute atomic E-state index is 10.8. The van der Waals surface area contributed by atoms with Gasteiger partial charge in [-0.2, -0.15) is 0 Å². The summed E-state index contributed by atoms with van der Waals surface area (Å²) in [6.45, 7) is -0.835. The Balaban J connectivity index is 3.02. The second-order valence-electron chi connectivity index (χ2n) is 3.32. The van der Waals surface area contributed by atoms with Crippen LogP contribution in [0.5, 0.6) is 0 Å². The topological polar surface area (TPSA) is 104 Å². The Morgan fingerprint density at radius 3 is 2.33 bits per heavy atom. The van der Waals surface area contributed by atoms with Crippen LogP contribution in [0, 0.1) is 0 Å². The van der Waals surface area contributed by atoms with Crippen LogP contribution in [0.2, 0.25) is 0 Å². The summed E-state index contributed by atoms with van der Waals surface area (Å²) in [5, 5.41) is 27.5. The molecule has 0 saturated carbocycles. The molecule has 0 bridgehead atoms. The van der Waals surface area contributed by atoms with Crippen molar-refractivity contribution in [1.29, 1.82) is 0 Å². The van der Waals surface area contributed by atoms with E-state index in [0.29, 0.717) is 5.56 Å². The molecule has 5 N–H and O–H groups in total. The first-order chi connectivity index (χ1) is 7.02. The number of rotatable bonds is 4. The zero-order valence-corrected chi connectivity index (χ0v) is 8.00. The van der Waals surface area contributed by atoms with Crippen molar-refractivity contribution in [2.24, 2.45) is 5.73 Å². The van der Waals surface area contributed by atoms with Crippen molar-refractivity contribution < 1.29 is 20.1 Å².